The lowest BCUT2D eigenvalue weighted by Crippen LogP contribution is -2.33. The summed E-state index contributed by atoms with van der Waals surface area (Å²) in [7, 11) is 0. The molecule has 0 spiro atoms. The highest BCUT2D eigenvalue weighted by molar-refractivity contribution is 7.99. The van der Waals surface area contributed by atoms with Crippen molar-refractivity contribution in [2.24, 2.45) is 0 Å². The number of carbonyl (C=O) groups excluding carboxylic acids is 1. The first-order valence-corrected chi connectivity index (χ1v) is 11.1. The number of thioether (sulfide) groups is 1. The van der Waals surface area contributed by atoms with E-state index in [1.165, 1.54) is 45.5 Å². The second kappa shape index (κ2) is 9.67. The van der Waals surface area contributed by atoms with Gasteiger partial charge in [-0.15, -0.1) is 16.8 Å². The van der Waals surface area contributed by atoms with Crippen molar-refractivity contribution >= 4 is 40.0 Å². The van der Waals surface area contributed by atoms with Gasteiger partial charge >= 0.3 is 0 Å². The first-order chi connectivity index (χ1) is 16.0. The molecule has 1 amide bonds. The average molecular weight is 463 g/mol. The van der Waals surface area contributed by atoms with E-state index in [0.717, 1.165) is 0 Å². The molecule has 4 aromatic rings. The Bertz CT molecular complexity index is 1440. The molecule has 0 saturated heterocycles. The maximum absolute atomic E-state index is 13.3. The fourth-order valence-electron chi connectivity index (χ4n) is 3.51. The molecule has 0 aliphatic carbocycles. The lowest BCUT2D eigenvalue weighted by Gasteiger charge is -2.21. The van der Waals surface area contributed by atoms with Crippen LogP contribution in [0.2, 0.25) is 0 Å². The van der Waals surface area contributed by atoms with Gasteiger partial charge in [0, 0.05) is 18.8 Å². The molecule has 166 valence electrons. The van der Waals surface area contributed by atoms with Gasteiger partial charge < -0.3 is 4.90 Å². The van der Waals surface area contributed by atoms with E-state index >= 15 is 0 Å². The number of carbonyl (C=O) groups is 1. The number of benzene rings is 2. The number of aromatic nitrogens is 4. The highest BCUT2D eigenvalue weighted by atomic mass is 32.2. The molecule has 0 unspecified atom stereocenters. The van der Waals surface area contributed by atoms with Crippen LogP contribution >= 0.6 is 11.8 Å². The van der Waals surface area contributed by atoms with E-state index in [0.29, 0.717) is 27.5 Å². The number of fused-ring (bicyclic) bond motifs is 3. The summed E-state index contributed by atoms with van der Waals surface area (Å²) >= 11 is 1.17. The number of nitrogens with zero attached hydrogens (tertiary/aromatic N) is 6. The van der Waals surface area contributed by atoms with Crippen LogP contribution < -0.4 is 10.5 Å². The van der Waals surface area contributed by atoms with Crippen molar-refractivity contribution in [2.45, 2.75) is 18.1 Å². The lowest BCUT2D eigenvalue weighted by molar-refractivity contribution is -0.116. The topological polar surface area (TPSA) is 96.3 Å². The molecular formula is C23H19FN6O2S. The van der Waals surface area contributed by atoms with E-state index in [1.807, 2.05) is 12.1 Å². The number of amides is 1. The Morgan fingerprint density at radius 2 is 1.97 bits per heavy atom. The normalized spacial score (nSPS) is 10.9. The molecule has 0 atom stereocenters. The molecule has 0 bridgehead atoms. The Kier molecular flexibility index (Phi) is 6.51. The van der Waals surface area contributed by atoms with Gasteiger partial charge in [0.05, 0.1) is 29.1 Å². The molecule has 0 N–H and O–H groups in total. The number of hydrogen-bond donors (Lipinski definition) is 0. The maximum Gasteiger partial charge on any atom is 0.263 e. The molecule has 0 aliphatic rings. The molecule has 4 rings (SSSR count). The van der Waals surface area contributed by atoms with Crippen molar-refractivity contribution in [3.63, 3.8) is 0 Å². The van der Waals surface area contributed by atoms with Gasteiger partial charge in [-0.3, -0.25) is 18.6 Å². The van der Waals surface area contributed by atoms with Gasteiger partial charge in [0.1, 0.15) is 5.82 Å². The molecule has 0 fully saturated rings. The molecule has 2 aromatic carbocycles. The third-order valence-corrected chi connectivity index (χ3v) is 5.91. The summed E-state index contributed by atoms with van der Waals surface area (Å²) in [5, 5.41) is 18.3. The van der Waals surface area contributed by atoms with Gasteiger partial charge in [-0.1, -0.05) is 30.0 Å². The standard InChI is InChI=1S/C23H19FN6O2S/c1-2-13-29-21(32)18-6-3-4-7-19(18)30-22(29)26-27-23(30)33-15-20(31)28(14-5-12-25)17-10-8-16(24)9-11-17/h2-4,6-11H,1,5,13-15H2. The van der Waals surface area contributed by atoms with Crippen LogP contribution in [-0.2, 0) is 11.3 Å². The Hall–Kier alpha value is -3.97. The summed E-state index contributed by atoms with van der Waals surface area (Å²) in [4.78, 5) is 27.4. The van der Waals surface area contributed by atoms with Crippen LogP contribution in [0.3, 0.4) is 0 Å². The van der Waals surface area contributed by atoms with E-state index in [-0.39, 0.29) is 36.7 Å². The number of nitriles is 1. The zero-order chi connectivity index (χ0) is 23.4. The van der Waals surface area contributed by atoms with Crippen LogP contribution in [0.1, 0.15) is 6.42 Å². The Morgan fingerprint density at radius 1 is 1.21 bits per heavy atom. The van der Waals surface area contributed by atoms with E-state index in [1.54, 1.807) is 28.7 Å². The minimum Gasteiger partial charge on any atom is -0.311 e. The first-order valence-electron chi connectivity index (χ1n) is 10.1. The predicted octanol–water partition coefficient (Wildman–Crippen LogP) is 3.41. The second-order valence-electron chi connectivity index (χ2n) is 7.06. The molecule has 0 aliphatic heterocycles. The number of allylic oxidation sites excluding steroid dienone is 1. The summed E-state index contributed by atoms with van der Waals surface area (Å²) in [6, 6.07) is 14.7. The highest BCUT2D eigenvalue weighted by Gasteiger charge is 2.20. The highest BCUT2D eigenvalue weighted by Crippen LogP contribution is 2.23. The van der Waals surface area contributed by atoms with E-state index in [4.69, 9.17) is 5.26 Å². The summed E-state index contributed by atoms with van der Waals surface area (Å²) in [5.74, 6) is -0.303. The van der Waals surface area contributed by atoms with E-state index < -0.39 is 5.82 Å². The fraction of sp³-hybridized carbons (Fsp3) is 0.174. The van der Waals surface area contributed by atoms with Crippen LogP contribution in [0, 0.1) is 17.1 Å². The van der Waals surface area contributed by atoms with Gasteiger partial charge in [0.25, 0.3) is 5.56 Å². The maximum atomic E-state index is 13.3. The number of halogens is 1. The quantitative estimate of drug-likeness (QED) is 0.294. The Balaban J connectivity index is 1.68. The van der Waals surface area contributed by atoms with E-state index in [2.05, 4.69) is 16.8 Å². The lowest BCUT2D eigenvalue weighted by atomic mass is 10.2. The fourth-order valence-corrected chi connectivity index (χ4v) is 4.32. The van der Waals surface area contributed by atoms with Gasteiger partial charge in [-0.2, -0.15) is 5.26 Å². The SMILES string of the molecule is C=CCn1c(=O)c2ccccc2n2c(SCC(=O)N(CCC#N)c3ccc(F)cc3)nnc12. The molecule has 0 saturated carbocycles. The van der Waals surface area contributed by atoms with Crippen molar-refractivity contribution in [1.82, 2.24) is 19.2 Å². The molecule has 8 nitrogen and oxygen atoms in total. The second-order valence-corrected chi connectivity index (χ2v) is 8.00. The zero-order valence-corrected chi connectivity index (χ0v) is 18.3. The first kappa shape index (κ1) is 22.2. The van der Waals surface area contributed by atoms with Crippen molar-refractivity contribution in [3.05, 3.63) is 77.4 Å². The van der Waals surface area contributed by atoms with Crippen molar-refractivity contribution in [2.75, 3.05) is 17.2 Å². The van der Waals surface area contributed by atoms with Gasteiger partial charge in [0.15, 0.2) is 5.16 Å². The Morgan fingerprint density at radius 3 is 2.70 bits per heavy atom. The van der Waals surface area contributed by atoms with Crippen LogP contribution in [0.5, 0.6) is 0 Å². The van der Waals surface area contributed by atoms with Crippen molar-refractivity contribution in [3.8, 4) is 6.07 Å². The van der Waals surface area contributed by atoms with Crippen molar-refractivity contribution in [1.29, 1.82) is 5.26 Å². The number of para-hydroxylation sites is 1. The molecule has 33 heavy (non-hydrogen) atoms. The summed E-state index contributed by atoms with van der Waals surface area (Å²) in [5.41, 5.74) is 0.947. The van der Waals surface area contributed by atoms with Gasteiger partial charge in [-0.25, -0.2) is 4.39 Å². The smallest absolute Gasteiger partial charge is 0.263 e. The summed E-state index contributed by atoms with van der Waals surface area (Å²) in [6.45, 7) is 4.16. The van der Waals surface area contributed by atoms with E-state index in [9.17, 15) is 14.0 Å². The number of hydrogen-bond acceptors (Lipinski definition) is 6. The molecule has 2 aromatic heterocycles. The van der Waals surface area contributed by atoms with Crippen LogP contribution in [0.15, 0.2) is 71.1 Å². The van der Waals surface area contributed by atoms with Gasteiger partial charge in [0.2, 0.25) is 11.7 Å². The third kappa shape index (κ3) is 4.36. The van der Waals surface area contributed by atoms with Gasteiger partial charge in [-0.05, 0) is 36.4 Å². The number of anilines is 1. The van der Waals surface area contributed by atoms with Crippen LogP contribution in [-0.4, -0.2) is 37.4 Å². The monoisotopic (exact) mass is 462 g/mol. The summed E-state index contributed by atoms with van der Waals surface area (Å²) in [6.07, 6.45) is 1.75. The Labute approximate surface area is 192 Å². The largest absolute Gasteiger partial charge is 0.311 e. The third-order valence-electron chi connectivity index (χ3n) is 5.00. The minimum atomic E-state index is -0.409. The number of rotatable bonds is 8. The molecular weight excluding hydrogens is 443 g/mol. The van der Waals surface area contributed by atoms with Crippen molar-refractivity contribution < 1.29 is 9.18 Å². The summed E-state index contributed by atoms with van der Waals surface area (Å²) < 4.78 is 16.5. The van der Waals surface area contributed by atoms with Crippen LogP contribution in [0.4, 0.5) is 10.1 Å². The predicted molar refractivity (Wildman–Crippen MR) is 125 cm³/mol. The minimum absolute atomic E-state index is 0.0124. The molecule has 10 heteroatoms. The zero-order valence-electron chi connectivity index (χ0n) is 17.5. The van der Waals surface area contributed by atoms with Crippen LogP contribution in [0.25, 0.3) is 16.7 Å². The average Bonchev–Trinajstić information content (AvgIpc) is 3.25. The molecule has 2 heterocycles. The molecule has 0 radical (unpaired) electrons.